The lowest BCUT2D eigenvalue weighted by molar-refractivity contribution is 0.668. The largest absolute Gasteiger partial charge is 0.456 e. The van der Waals surface area contributed by atoms with Gasteiger partial charge in [-0.3, -0.25) is 4.98 Å². The molecule has 0 fully saturated rings. The third-order valence-electron chi connectivity index (χ3n) is 8.69. The van der Waals surface area contributed by atoms with Gasteiger partial charge in [0.15, 0.2) is 0 Å². The van der Waals surface area contributed by atoms with Gasteiger partial charge in [-0.05, 0) is 66.7 Å². The summed E-state index contributed by atoms with van der Waals surface area (Å²) in [6, 6.07) is 44.6. The second kappa shape index (κ2) is 8.93. The fourth-order valence-corrected chi connectivity index (χ4v) is 7.88. The average molecular weight is 583 g/mol. The van der Waals surface area contributed by atoms with Crippen molar-refractivity contribution in [1.82, 2.24) is 4.98 Å². The van der Waals surface area contributed by atoms with Gasteiger partial charge in [-0.25, -0.2) is 0 Å². The zero-order valence-electron chi connectivity index (χ0n) is 23.3. The van der Waals surface area contributed by atoms with Crippen molar-refractivity contribution in [3.8, 4) is 0 Å². The number of nitrogens with zero attached hydrogens (tertiary/aromatic N) is 2. The molecule has 0 spiro atoms. The maximum atomic E-state index is 6.19. The van der Waals surface area contributed by atoms with E-state index in [4.69, 9.17) is 13.8 Å². The smallest absolute Gasteiger partial charge is 0.135 e. The van der Waals surface area contributed by atoms with Gasteiger partial charge >= 0.3 is 0 Å². The lowest BCUT2D eigenvalue weighted by Crippen LogP contribution is -2.09. The Kier molecular flexibility index (Phi) is 4.84. The van der Waals surface area contributed by atoms with Crippen molar-refractivity contribution in [2.24, 2.45) is 0 Å². The molecule has 0 bridgehead atoms. The molecule has 10 rings (SSSR count). The van der Waals surface area contributed by atoms with Crippen LogP contribution >= 0.6 is 11.3 Å². The molecule has 0 unspecified atom stereocenters. The molecule has 0 saturated heterocycles. The van der Waals surface area contributed by atoms with Gasteiger partial charge in [0.05, 0.1) is 5.52 Å². The quantitative estimate of drug-likeness (QED) is 0.208. The Morgan fingerprint density at radius 3 is 1.68 bits per heavy atom. The number of aromatic nitrogens is 1. The van der Waals surface area contributed by atoms with Gasteiger partial charge < -0.3 is 13.7 Å². The number of rotatable bonds is 3. The van der Waals surface area contributed by atoms with E-state index in [-0.39, 0.29) is 0 Å². The van der Waals surface area contributed by atoms with Gasteiger partial charge in [-0.15, -0.1) is 11.3 Å². The molecule has 5 heteroatoms. The van der Waals surface area contributed by atoms with Crippen LogP contribution in [-0.4, -0.2) is 4.98 Å². The molecule has 10 aromatic rings. The SMILES string of the molecule is c1ccc2c(c1)ncc1c3ccc(N(c4ccc5oc6ccccc6c5c4)c4ccc5oc6ccccc6c5c4)cc3sc21. The van der Waals surface area contributed by atoms with E-state index in [2.05, 4.69) is 102 Å². The molecule has 44 heavy (non-hydrogen) atoms. The summed E-state index contributed by atoms with van der Waals surface area (Å²) in [5, 5.41) is 8.02. The van der Waals surface area contributed by atoms with E-state index in [1.165, 1.54) is 25.6 Å². The topological polar surface area (TPSA) is 42.4 Å². The molecule has 4 nitrogen and oxygen atoms in total. The van der Waals surface area contributed by atoms with E-state index in [1.807, 2.05) is 47.9 Å². The van der Waals surface area contributed by atoms with Crippen LogP contribution in [0.5, 0.6) is 0 Å². The number of thiophene rings is 1. The van der Waals surface area contributed by atoms with E-state index in [9.17, 15) is 0 Å². The molecule has 0 atom stereocenters. The maximum Gasteiger partial charge on any atom is 0.135 e. The van der Waals surface area contributed by atoms with Crippen LogP contribution in [0.1, 0.15) is 0 Å². The van der Waals surface area contributed by atoms with Gasteiger partial charge in [0.25, 0.3) is 0 Å². The average Bonchev–Trinajstić information content (AvgIpc) is 3.75. The fraction of sp³-hybridized carbons (Fsp3) is 0. The summed E-state index contributed by atoms with van der Waals surface area (Å²) in [7, 11) is 0. The minimum atomic E-state index is 0.880. The zero-order valence-corrected chi connectivity index (χ0v) is 24.1. The number of hydrogen-bond donors (Lipinski definition) is 0. The molecule has 0 saturated carbocycles. The van der Waals surface area contributed by atoms with Crippen molar-refractivity contribution < 1.29 is 8.83 Å². The highest BCUT2D eigenvalue weighted by Crippen LogP contribution is 2.44. The van der Waals surface area contributed by atoms with E-state index in [0.717, 1.165) is 66.5 Å². The molecule has 0 aliphatic carbocycles. The Bertz CT molecular complexity index is 2640. The number of hydrogen-bond acceptors (Lipinski definition) is 5. The molecule has 0 aliphatic rings. The Hall–Kier alpha value is -5.65. The number of fused-ring (bicyclic) bond motifs is 11. The van der Waals surface area contributed by atoms with Crippen LogP contribution in [0.15, 0.2) is 142 Å². The molecule has 0 aliphatic heterocycles. The predicted octanol–water partition coefficient (Wildman–Crippen LogP) is 11.9. The van der Waals surface area contributed by atoms with Gasteiger partial charge in [0, 0.05) is 70.4 Å². The summed E-state index contributed by atoms with van der Waals surface area (Å²) in [5.74, 6) is 0. The van der Waals surface area contributed by atoms with Crippen molar-refractivity contribution in [1.29, 1.82) is 0 Å². The Morgan fingerprint density at radius 1 is 0.455 bits per heavy atom. The van der Waals surface area contributed by atoms with Crippen molar-refractivity contribution in [3.63, 3.8) is 0 Å². The van der Waals surface area contributed by atoms with Crippen LogP contribution in [0.2, 0.25) is 0 Å². The first-order valence-electron chi connectivity index (χ1n) is 14.6. The fourth-order valence-electron chi connectivity index (χ4n) is 6.64. The minimum absolute atomic E-state index is 0.880. The zero-order chi connectivity index (χ0) is 28.8. The van der Waals surface area contributed by atoms with Crippen molar-refractivity contribution in [3.05, 3.63) is 134 Å². The van der Waals surface area contributed by atoms with E-state index < -0.39 is 0 Å². The standard InChI is InChI=1S/C39H22N2O2S/c1-4-10-33-29(9-1)39-32(22-40-33)28-16-13-25(21-38(28)44-39)41(23-14-17-36-30(19-23)26-7-2-5-11-34(26)42-36)24-15-18-37-31(20-24)27-8-3-6-12-35(27)43-37/h1-22H. The second-order valence-electron chi connectivity index (χ2n) is 11.2. The first kappa shape index (κ1) is 23.9. The van der Waals surface area contributed by atoms with Gasteiger partial charge in [0.2, 0.25) is 0 Å². The van der Waals surface area contributed by atoms with Crippen LogP contribution in [0.4, 0.5) is 17.1 Å². The number of furan rings is 2. The molecule has 4 aromatic heterocycles. The third kappa shape index (κ3) is 3.41. The summed E-state index contributed by atoms with van der Waals surface area (Å²) in [5.41, 5.74) is 7.77. The van der Waals surface area contributed by atoms with Crippen molar-refractivity contribution in [2.45, 2.75) is 0 Å². The van der Waals surface area contributed by atoms with Crippen LogP contribution < -0.4 is 4.90 Å². The van der Waals surface area contributed by atoms with Crippen LogP contribution in [0.25, 0.3) is 75.0 Å². The Balaban J connectivity index is 1.23. The minimum Gasteiger partial charge on any atom is -0.456 e. The van der Waals surface area contributed by atoms with E-state index in [0.29, 0.717) is 0 Å². The number of para-hydroxylation sites is 3. The monoisotopic (exact) mass is 582 g/mol. The van der Waals surface area contributed by atoms with Crippen molar-refractivity contribution >= 4 is 103 Å². The molecule has 4 heterocycles. The number of anilines is 3. The van der Waals surface area contributed by atoms with Crippen molar-refractivity contribution in [2.75, 3.05) is 4.90 Å². The molecule has 206 valence electrons. The highest BCUT2D eigenvalue weighted by molar-refractivity contribution is 7.26. The second-order valence-corrected chi connectivity index (χ2v) is 12.2. The molecule has 6 aromatic carbocycles. The Labute approximate surface area is 255 Å². The van der Waals surface area contributed by atoms with Crippen LogP contribution in [-0.2, 0) is 0 Å². The normalized spacial score (nSPS) is 12.1. The molecular weight excluding hydrogens is 561 g/mol. The summed E-state index contributed by atoms with van der Waals surface area (Å²) in [4.78, 5) is 7.10. The van der Waals surface area contributed by atoms with Gasteiger partial charge in [-0.2, -0.15) is 0 Å². The first-order valence-corrected chi connectivity index (χ1v) is 15.4. The van der Waals surface area contributed by atoms with Crippen LogP contribution in [0.3, 0.4) is 0 Å². The van der Waals surface area contributed by atoms with E-state index >= 15 is 0 Å². The third-order valence-corrected chi connectivity index (χ3v) is 9.89. The molecule has 0 N–H and O–H groups in total. The summed E-state index contributed by atoms with van der Waals surface area (Å²) in [6.07, 6.45) is 2.02. The highest BCUT2D eigenvalue weighted by atomic mass is 32.1. The maximum absolute atomic E-state index is 6.19. The molecule has 0 radical (unpaired) electrons. The summed E-state index contributed by atoms with van der Waals surface area (Å²) >= 11 is 1.83. The predicted molar refractivity (Wildman–Crippen MR) is 184 cm³/mol. The lowest BCUT2D eigenvalue weighted by Gasteiger charge is -2.25. The lowest BCUT2D eigenvalue weighted by atomic mass is 10.1. The van der Waals surface area contributed by atoms with Gasteiger partial charge in [-0.1, -0.05) is 60.7 Å². The highest BCUT2D eigenvalue weighted by Gasteiger charge is 2.19. The Morgan fingerprint density at radius 2 is 1.00 bits per heavy atom. The van der Waals surface area contributed by atoms with Crippen LogP contribution in [0, 0.1) is 0 Å². The first-order chi connectivity index (χ1) is 21.8. The van der Waals surface area contributed by atoms with E-state index in [1.54, 1.807) is 0 Å². The number of benzene rings is 6. The summed E-state index contributed by atoms with van der Waals surface area (Å²) in [6.45, 7) is 0. The van der Waals surface area contributed by atoms with Gasteiger partial charge in [0.1, 0.15) is 22.3 Å². The molecule has 0 amide bonds. The molecular formula is C39H22N2O2S. The number of pyridine rings is 1. The summed E-state index contributed by atoms with van der Waals surface area (Å²) < 4.78 is 14.9.